The first kappa shape index (κ1) is 28.9. The molecule has 0 spiro atoms. The zero-order valence-corrected chi connectivity index (χ0v) is 26.3. The van der Waals surface area contributed by atoms with Gasteiger partial charge < -0.3 is 28.6 Å². The van der Waals surface area contributed by atoms with E-state index < -0.39 is 10.0 Å². The number of anilines is 3. The second kappa shape index (κ2) is 11.6. The minimum absolute atomic E-state index is 0.165. The molecule has 0 unspecified atom stereocenters. The second-order valence-electron chi connectivity index (χ2n) is 11.3. The predicted molar refractivity (Wildman–Crippen MR) is 171 cm³/mol. The molecule has 0 atom stereocenters. The number of piperazine rings is 2. The molecule has 0 N–H and O–H groups in total. The number of pyridine rings is 1. The van der Waals surface area contributed by atoms with Gasteiger partial charge in [0.15, 0.2) is 0 Å². The van der Waals surface area contributed by atoms with Crippen molar-refractivity contribution in [2.75, 3.05) is 81.3 Å². The molecule has 0 bridgehead atoms. The maximum absolute atomic E-state index is 12.5. The highest BCUT2D eigenvalue weighted by molar-refractivity contribution is 7.90. The number of methoxy groups -OCH3 is 2. The van der Waals surface area contributed by atoms with Crippen LogP contribution < -0.4 is 24.2 Å². The molecule has 3 fully saturated rings. The van der Waals surface area contributed by atoms with Crippen molar-refractivity contribution in [2.24, 2.45) is 0 Å². The molecule has 7 rings (SSSR count). The first-order valence-corrected chi connectivity index (χ1v) is 16.7. The van der Waals surface area contributed by atoms with Crippen molar-refractivity contribution in [2.45, 2.75) is 18.1 Å². The fourth-order valence-electron chi connectivity index (χ4n) is 5.94. The van der Waals surface area contributed by atoms with Crippen LogP contribution in [0.5, 0.6) is 11.5 Å². The van der Waals surface area contributed by atoms with Gasteiger partial charge >= 0.3 is 0 Å². The summed E-state index contributed by atoms with van der Waals surface area (Å²) in [6.45, 7) is 5.57. The van der Waals surface area contributed by atoms with Gasteiger partial charge in [-0.15, -0.1) is 0 Å². The minimum atomic E-state index is -3.13. The number of fused-ring (bicyclic) bond motifs is 1. The molecule has 44 heavy (non-hydrogen) atoms. The van der Waals surface area contributed by atoms with Gasteiger partial charge in [-0.3, -0.25) is 0 Å². The van der Waals surface area contributed by atoms with E-state index in [4.69, 9.17) is 26.1 Å². The molecule has 0 amide bonds. The highest BCUT2D eigenvalue weighted by atomic mass is 35.5. The molecule has 1 aromatic carbocycles. The van der Waals surface area contributed by atoms with E-state index in [0.717, 1.165) is 67.3 Å². The van der Waals surface area contributed by atoms with Crippen LogP contribution in [-0.2, 0) is 10.0 Å². The summed E-state index contributed by atoms with van der Waals surface area (Å²) in [5, 5.41) is 0.333. The molecule has 4 aromatic rings. The lowest BCUT2D eigenvalue weighted by atomic mass is 10.1. The maximum atomic E-state index is 12.5. The van der Waals surface area contributed by atoms with Gasteiger partial charge in [0.05, 0.1) is 48.3 Å². The Kier molecular flexibility index (Phi) is 7.63. The fourth-order valence-corrected chi connectivity index (χ4v) is 8.01. The number of aromatic nitrogens is 4. The average Bonchev–Trinajstić information content (AvgIpc) is 3.85. The molecule has 1 aliphatic carbocycles. The summed E-state index contributed by atoms with van der Waals surface area (Å²) in [4.78, 5) is 20.9. The van der Waals surface area contributed by atoms with Crippen LogP contribution in [0.15, 0.2) is 49.1 Å². The van der Waals surface area contributed by atoms with Crippen molar-refractivity contribution >= 4 is 44.6 Å². The van der Waals surface area contributed by atoms with Crippen LogP contribution in [0.1, 0.15) is 12.8 Å². The van der Waals surface area contributed by atoms with Crippen molar-refractivity contribution in [1.82, 2.24) is 23.7 Å². The molecule has 1 saturated carbocycles. The first-order chi connectivity index (χ1) is 21.3. The van der Waals surface area contributed by atoms with Gasteiger partial charge in [0.25, 0.3) is 0 Å². The molecule has 5 heterocycles. The molecule has 14 heteroatoms. The smallest absolute Gasteiger partial charge is 0.225 e. The minimum Gasteiger partial charge on any atom is -0.496 e. The Bertz CT molecular complexity index is 1760. The van der Waals surface area contributed by atoms with Crippen LogP contribution in [0.25, 0.3) is 16.9 Å². The lowest BCUT2D eigenvalue weighted by Gasteiger charge is -2.37. The third kappa shape index (κ3) is 5.48. The topological polar surface area (TPSA) is 109 Å². The summed E-state index contributed by atoms with van der Waals surface area (Å²) in [7, 11) is 0.0657. The van der Waals surface area contributed by atoms with Gasteiger partial charge in [0, 0.05) is 88.1 Å². The van der Waals surface area contributed by atoms with E-state index in [0.29, 0.717) is 48.6 Å². The van der Waals surface area contributed by atoms with Crippen LogP contribution in [0, 0.1) is 0 Å². The van der Waals surface area contributed by atoms with E-state index in [-0.39, 0.29) is 5.25 Å². The van der Waals surface area contributed by atoms with E-state index in [1.165, 1.54) is 0 Å². The van der Waals surface area contributed by atoms with Gasteiger partial charge in [-0.25, -0.2) is 23.4 Å². The van der Waals surface area contributed by atoms with Crippen LogP contribution in [0.4, 0.5) is 17.3 Å². The zero-order chi connectivity index (χ0) is 30.4. The van der Waals surface area contributed by atoms with Crippen molar-refractivity contribution in [3.05, 3.63) is 54.1 Å². The van der Waals surface area contributed by atoms with Gasteiger partial charge in [0.2, 0.25) is 16.0 Å². The Morgan fingerprint density at radius 1 is 0.818 bits per heavy atom. The summed E-state index contributed by atoms with van der Waals surface area (Å²) >= 11 is 6.41. The number of sulfonamides is 1. The molecule has 2 aliphatic heterocycles. The quantitative estimate of drug-likeness (QED) is 0.285. The molecule has 0 radical (unpaired) electrons. The van der Waals surface area contributed by atoms with E-state index in [9.17, 15) is 8.42 Å². The van der Waals surface area contributed by atoms with E-state index >= 15 is 0 Å². The number of hydrogen-bond acceptors (Lipinski definition) is 10. The lowest BCUT2D eigenvalue weighted by Crippen LogP contribution is -2.50. The summed E-state index contributed by atoms with van der Waals surface area (Å²) < 4.78 is 39.6. The number of hydrogen-bond donors (Lipinski definition) is 0. The largest absolute Gasteiger partial charge is 0.496 e. The Labute approximate surface area is 261 Å². The average molecular weight is 639 g/mol. The molecule has 12 nitrogen and oxygen atoms in total. The summed E-state index contributed by atoms with van der Waals surface area (Å²) in [5.41, 5.74) is 4.51. The SMILES string of the molecule is COc1cc(OC)c(-c2cn3ccc(N4CCN(c5cnc(N6CCN(S(=O)(=O)C7CC7)CC6)nc5)CC4)cc3n2)cc1Cl. The fraction of sp³-hybridized carbons (Fsp3) is 0.433. The number of nitrogens with zero attached hydrogens (tertiary/aromatic N) is 8. The second-order valence-corrected chi connectivity index (χ2v) is 13.9. The third-order valence-electron chi connectivity index (χ3n) is 8.66. The van der Waals surface area contributed by atoms with Crippen LogP contribution >= 0.6 is 11.6 Å². The number of halogens is 1. The number of benzene rings is 1. The van der Waals surface area contributed by atoms with Crippen molar-refractivity contribution in [1.29, 1.82) is 0 Å². The van der Waals surface area contributed by atoms with E-state index in [1.807, 2.05) is 35.3 Å². The number of rotatable bonds is 8. The van der Waals surface area contributed by atoms with Gasteiger partial charge in [-0.05, 0) is 25.0 Å². The van der Waals surface area contributed by atoms with Gasteiger partial charge in [0.1, 0.15) is 17.1 Å². The summed E-state index contributed by atoms with van der Waals surface area (Å²) in [6.07, 6.45) is 9.33. The van der Waals surface area contributed by atoms with Crippen LogP contribution in [-0.4, -0.2) is 104 Å². The van der Waals surface area contributed by atoms with Crippen molar-refractivity contribution in [3.8, 4) is 22.8 Å². The lowest BCUT2D eigenvalue weighted by molar-refractivity contribution is 0.382. The van der Waals surface area contributed by atoms with Gasteiger partial charge in [-0.1, -0.05) is 11.6 Å². The standard InChI is InChI=1S/C30H35ClN8O4S/c1-42-27-17-28(43-2)25(31)16-24(27)26-20-38-6-5-21(15-29(38)34-26)35-7-9-36(10-8-35)22-18-32-30(33-19-22)37-11-13-39(14-12-37)44(40,41)23-3-4-23/h5-6,15-20,23H,3-4,7-14H2,1-2H3. The Balaban J connectivity index is 0.979. The number of imidazole rings is 1. The predicted octanol–water partition coefficient (Wildman–Crippen LogP) is 3.40. The highest BCUT2D eigenvalue weighted by Gasteiger charge is 2.41. The molecular weight excluding hydrogens is 604 g/mol. The van der Waals surface area contributed by atoms with E-state index in [2.05, 4.69) is 36.8 Å². The first-order valence-electron chi connectivity index (χ1n) is 14.8. The van der Waals surface area contributed by atoms with Crippen molar-refractivity contribution in [3.63, 3.8) is 0 Å². The third-order valence-corrected chi connectivity index (χ3v) is 11.3. The molecule has 3 aromatic heterocycles. The molecule has 2 saturated heterocycles. The molecular formula is C30H35ClN8O4S. The maximum Gasteiger partial charge on any atom is 0.225 e. The van der Waals surface area contributed by atoms with Crippen LogP contribution in [0.3, 0.4) is 0 Å². The summed E-state index contributed by atoms with van der Waals surface area (Å²) in [6, 6.07) is 7.81. The van der Waals surface area contributed by atoms with Crippen molar-refractivity contribution < 1.29 is 17.9 Å². The van der Waals surface area contributed by atoms with Gasteiger partial charge in [-0.2, -0.15) is 4.31 Å². The monoisotopic (exact) mass is 638 g/mol. The normalized spacial score (nSPS) is 18.2. The Hall–Kier alpha value is -3.81. The highest BCUT2D eigenvalue weighted by Crippen LogP contribution is 2.38. The molecule has 232 valence electrons. The Morgan fingerprint density at radius 2 is 1.45 bits per heavy atom. The van der Waals surface area contributed by atoms with E-state index in [1.54, 1.807) is 24.6 Å². The summed E-state index contributed by atoms with van der Waals surface area (Å²) in [5.74, 6) is 1.85. The Morgan fingerprint density at radius 3 is 2.09 bits per heavy atom. The zero-order valence-electron chi connectivity index (χ0n) is 24.8. The number of ether oxygens (including phenoxy) is 2. The molecule has 3 aliphatic rings. The van der Waals surface area contributed by atoms with Crippen LogP contribution in [0.2, 0.25) is 5.02 Å².